The highest BCUT2D eigenvalue weighted by Gasteiger charge is 2.14. The van der Waals surface area contributed by atoms with Gasteiger partial charge in [-0.2, -0.15) is 0 Å². The van der Waals surface area contributed by atoms with Gasteiger partial charge in [0.05, 0.1) is 0 Å². The monoisotopic (exact) mass is 238 g/mol. The lowest BCUT2D eigenvalue weighted by atomic mass is 10.4. The number of aryl methyl sites for hydroxylation is 1. The lowest BCUT2D eigenvalue weighted by Crippen LogP contribution is -2.38. The third-order valence-electron chi connectivity index (χ3n) is 2.63. The molecule has 0 aromatic carbocycles. The fraction of sp³-hybridized carbons (Fsp3) is 0.500. The molecule has 0 saturated carbocycles. The Balaban J connectivity index is 2.91. The third-order valence-corrected chi connectivity index (χ3v) is 2.63. The number of hydrogen-bond donors (Lipinski definition) is 2. The van der Waals surface area contributed by atoms with Crippen molar-refractivity contribution in [2.24, 2.45) is 7.05 Å². The Morgan fingerprint density at radius 1 is 1.41 bits per heavy atom. The first-order valence-electron chi connectivity index (χ1n) is 5.39. The van der Waals surface area contributed by atoms with Crippen LogP contribution in [0.25, 0.3) is 11.2 Å². The molecule has 0 aliphatic heterocycles. The molecule has 17 heavy (non-hydrogen) atoms. The second kappa shape index (κ2) is 4.17. The zero-order valence-electron chi connectivity index (χ0n) is 9.73. The number of nitrogens with zero attached hydrogens (tertiary/aromatic N) is 3. The molecule has 2 aromatic heterocycles. The summed E-state index contributed by atoms with van der Waals surface area (Å²) < 4.78 is 2.49. The molecule has 0 bridgehead atoms. The van der Waals surface area contributed by atoms with Crippen LogP contribution in [0.2, 0.25) is 0 Å². The summed E-state index contributed by atoms with van der Waals surface area (Å²) in [6.07, 6.45) is 0.765. The Morgan fingerprint density at radius 3 is 2.71 bits per heavy atom. The highest BCUT2D eigenvalue weighted by atomic mass is 16.3. The summed E-state index contributed by atoms with van der Waals surface area (Å²) in [6.45, 7) is 2.14. The van der Waals surface area contributed by atoms with Crippen molar-refractivity contribution >= 4 is 11.2 Å². The largest absolute Gasteiger partial charge is 0.388 e. The van der Waals surface area contributed by atoms with E-state index in [1.54, 1.807) is 0 Å². The van der Waals surface area contributed by atoms with Crippen LogP contribution in [0.3, 0.4) is 0 Å². The number of fused-ring (bicyclic) bond motifs is 1. The molecule has 0 fully saturated rings. The van der Waals surface area contributed by atoms with Crippen molar-refractivity contribution in [2.75, 3.05) is 0 Å². The number of hydrogen-bond acceptors (Lipinski definition) is 4. The molecule has 0 saturated heterocycles. The fourth-order valence-corrected chi connectivity index (χ4v) is 1.78. The van der Waals surface area contributed by atoms with Gasteiger partial charge in [-0.15, -0.1) is 0 Å². The number of imidazole rings is 1. The Morgan fingerprint density at radius 2 is 2.12 bits per heavy atom. The Bertz CT molecular complexity index is 664. The first kappa shape index (κ1) is 11.6. The summed E-state index contributed by atoms with van der Waals surface area (Å²) in [7, 11) is 1.42. The van der Waals surface area contributed by atoms with E-state index in [1.807, 2.05) is 6.92 Å². The number of H-pyrrole nitrogens is 1. The molecule has 92 valence electrons. The molecule has 0 radical (unpaired) electrons. The molecule has 0 atom stereocenters. The number of aliphatic hydroxyl groups excluding tert-OH is 1. The molecule has 2 aromatic rings. The zero-order chi connectivity index (χ0) is 12.6. The summed E-state index contributed by atoms with van der Waals surface area (Å²) in [5, 5.41) is 9.00. The lowest BCUT2D eigenvalue weighted by molar-refractivity contribution is 0.273. The van der Waals surface area contributed by atoms with Gasteiger partial charge >= 0.3 is 5.69 Å². The molecule has 7 nitrogen and oxygen atoms in total. The van der Waals surface area contributed by atoms with Crippen LogP contribution in [0.15, 0.2) is 9.59 Å². The van der Waals surface area contributed by atoms with Gasteiger partial charge in [-0.05, 0) is 6.42 Å². The van der Waals surface area contributed by atoms with Crippen molar-refractivity contribution in [3.8, 4) is 0 Å². The van der Waals surface area contributed by atoms with Crippen LogP contribution in [-0.4, -0.2) is 24.2 Å². The van der Waals surface area contributed by atoms with E-state index in [0.717, 1.165) is 11.0 Å². The van der Waals surface area contributed by atoms with E-state index in [1.165, 1.54) is 11.6 Å². The smallest absolute Gasteiger partial charge is 0.332 e. The molecule has 0 aliphatic carbocycles. The van der Waals surface area contributed by atoms with Gasteiger partial charge in [-0.1, -0.05) is 6.92 Å². The number of aromatic nitrogens is 4. The van der Waals surface area contributed by atoms with Crippen LogP contribution in [0.1, 0.15) is 19.2 Å². The molecule has 2 rings (SSSR count). The van der Waals surface area contributed by atoms with Crippen LogP contribution in [0, 0.1) is 0 Å². The number of nitrogens with one attached hydrogen (secondary N) is 1. The quantitative estimate of drug-likeness (QED) is 0.741. The van der Waals surface area contributed by atoms with Gasteiger partial charge in [0.25, 0.3) is 5.56 Å². The molecule has 0 spiro atoms. The van der Waals surface area contributed by atoms with Gasteiger partial charge in [-0.25, -0.2) is 9.78 Å². The molecule has 0 amide bonds. The van der Waals surface area contributed by atoms with Crippen molar-refractivity contribution in [1.29, 1.82) is 0 Å². The maximum absolute atomic E-state index is 11.9. The van der Waals surface area contributed by atoms with E-state index in [-0.39, 0.29) is 23.6 Å². The molecule has 0 unspecified atom stereocenters. The zero-order valence-corrected chi connectivity index (χ0v) is 9.73. The molecule has 2 heterocycles. The van der Waals surface area contributed by atoms with Gasteiger partial charge < -0.3 is 10.1 Å². The average Bonchev–Trinajstić information content (AvgIpc) is 2.76. The van der Waals surface area contributed by atoms with Crippen molar-refractivity contribution in [3.05, 3.63) is 26.7 Å². The minimum atomic E-state index is -0.451. The first-order chi connectivity index (χ1) is 8.10. The van der Waals surface area contributed by atoms with Gasteiger partial charge in [0.15, 0.2) is 5.52 Å². The van der Waals surface area contributed by atoms with Crippen LogP contribution in [-0.2, 0) is 20.2 Å². The summed E-state index contributed by atoms with van der Waals surface area (Å²) in [4.78, 5) is 30.5. The van der Waals surface area contributed by atoms with E-state index in [2.05, 4.69) is 9.97 Å². The second-order valence-electron chi connectivity index (χ2n) is 3.84. The Labute approximate surface area is 96.3 Å². The van der Waals surface area contributed by atoms with Gasteiger partial charge in [0.1, 0.15) is 18.1 Å². The normalized spacial score (nSPS) is 11.2. The standard InChI is InChI=1S/C10H14N4O3/c1-3-4-14-8-7(11-6(5-15)12-8)9(16)13(2)10(14)17/h15H,3-5H2,1-2H3,(H,11,12). The van der Waals surface area contributed by atoms with E-state index in [4.69, 9.17) is 5.11 Å². The molecule has 2 N–H and O–H groups in total. The maximum atomic E-state index is 11.9. The minimum Gasteiger partial charge on any atom is -0.388 e. The van der Waals surface area contributed by atoms with Crippen molar-refractivity contribution < 1.29 is 5.11 Å². The molecule has 7 heteroatoms. The van der Waals surface area contributed by atoms with Crippen LogP contribution in [0.5, 0.6) is 0 Å². The predicted molar refractivity (Wildman–Crippen MR) is 61.8 cm³/mol. The van der Waals surface area contributed by atoms with Gasteiger partial charge in [0.2, 0.25) is 0 Å². The van der Waals surface area contributed by atoms with E-state index in [0.29, 0.717) is 12.2 Å². The molecular formula is C10H14N4O3. The highest BCUT2D eigenvalue weighted by Crippen LogP contribution is 2.05. The molecular weight excluding hydrogens is 224 g/mol. The van der Waals surface area contributed by atoms with Crippen molar-refractivity contribution in [1.82, 2.24) is 19.1 Å². The van der Waals surface area contributed by atoms with Crippen molar-refractivity contribution in [2.45, 2.75) is 26.5 Å². The van der Waals surface area contributed by atoms with Crippen molar-refractivity contribution in [3.63, 3.8) is 0 Å². The van der Waals surface area contributed by atoms with Crippen LogP contribution in [0.4, 0.5) is 0 Å². The Hall–Kier alpha value is -1.89. The average molecular weight is 238 g/mol. The fourth-order valence-electron chi connectivity index (χ4n) is 1.78. The summed E-state index contributed by atoms with van der Waals surface area (Å²) >= 11 is 0. The number of rotatable bonds is 3. The molecule has 0 aliphatic rings. The summed E-state index contributed by atoms with van der Waals surface area (Å²) in [5.41, 5.74) is -0.264. The van der Waals surface area contributed by atoms with Gasteiger partial charge in [0, 0.05) is 13.6 Å². The number of aliphatic hydroxyl groups is 1. The van der Waals surface area contributed by atoms with Gasteiger partial charge in [-0.3, -0.25) is 13.9 Å². The number of aromatic amines is 1. The lowest BCUT2D eigenvalue weighted by Gasteiger charge is -2.06. The predicted octanol–water partition coefficient (Wildman–Crippen LogP) is -0.674. The van der Waals surface area contributed by atoms with E-state index in [9.17, 15) is 9.59 Å². The minimum absolute atomic E-state index is 0.185. The van der Waals surface area contributed by atoms with Crippen LogP contribution < -0.4 is 11.2 Å². The summed E-state index contributed by atoms with van der Waals surface area (Å²) in [5.74, 6) is 0.285. The SMILES string of the molecule is CCCn1c(=O)n(C)c(=O)c2nc(CO)[nH]c21. The summed E-state index contributed by atoms with van der Waals surface area (Å²) in [6, 6.07) is 0. The Kier molecular flexibility index (Phi) is 2.84. The van der Waals surface area contributed by atoms with E-state index < -0.39 is 5.56 Å². The second-order valence-corrected chi connectivity index (χ2v) is 3.84. The highest BCUT2D eigenvalue weighted by molar-refractivity contribution is 5.69. The topological polar surface area (TPSA) is 92.9 Å². The van der Waals surface area contributed by atoms with E-state index >= 15 is 0 Å². The first-order valence-corrected chi connectivity index (χ1v) is 5.39. The maximum Gasteiger partial charge on any atom is 0.332 e. The third kappa shape index (κ3) is 1.68. The van der Waals surface area contributed by atoms with Crippen LogP contribution >= 0.6 is 0 Å².